The van der Waals surface area contributed by atoms with Crippen LogP contribution in [0.1, 0.15) is 70.1 Å². The van der Waals surface area contributed by atoms with E-state index in [0.29, 0.717) is 23.7 Å². The van der Waals surface area contributed by atoms with E-state index >= 15 is 0 Å². The molecule has 0 atom stereocenters. The van der Waals surface area contributed by atoms with E-state index in [-0.39, 0.29) is 17.7 Å². The molecular formula is C20H28N2O2S. The molecule has 0 bridgehead atoms. The number of likely N-dealkylation sites (N-methyl/N-ethyl adjacent to an activating group) is 1. The van der Waals surface area contributed by atoms with Gasteiger partial charge in [-0.3, -0.25) is 14.7 Å². The minimum Gasteiger partial charge on any atom is -0.507 e. The summed E-state index contributed by atoms with van der Waals surface area (Å²) >= 11 is 1.43. The van der Waals surface area contributed by atoms with Gasteiger partial charge in [0.2, 0.25) is 0 Å². The predicted octanol–water partition coefficient (Wildman–Crippen LogP) is 4.95. The number of carbonyl (C=O) groups excluding carboxylic acids is 1. The number of carbonyl (C=O) groups is 1. The largest absolute Gasteiger partial charge is 0.507 e. The number of amides is 1. The number of phenols is 1. The molecule has 1 aliphatic rings. The first-order chi connectivity index (χ1) is 11.8. The van der Waals surface area contributed by atoms with E-state index in [1.807, 2.05) is 32.1 Å². The molecule has 1 heterocycles. The minimum absolute atomic E-state index is 0.00460. The molecule has 2 rings (SSSR count). The highest BCUT2D eigenvalue weighted by Gasteiger charge is 2.32. The van der Waals surface area contributed by atoms with Gasteiger partial charge in [-0.1, -0.05) is 27.7 Å². The van der Waals surface area contributed by atoms with Gasteiger partial charge in [-0.05, 0) is 72.3 Å². The maximum absolute atomic E-state index is 12.6. The topological polar surface area (TPSA) is 52.9 Å². The van der Waals surface area contributed by atoms with E-state index in [0.717, 1.165) is 21.9 Å². The molecule has 1 aromatic rings. The Morgan fingerprint density at radius 3 is 2.16 bits per heavy atom. The second-order valence-electron chi connectivity index (χ2n) is 6.77. The molecule has 1 saturated heterocycles. The molecule has 1 fully saturated rings. The van der Waals surface area contributed by atoms with Crippen molar-refractivity contribution in [1.82, 2.24) is 4.90 Å². The number of hydrogen-bond donors (Lipinski definition) is 1. The number of thioether (sulfide) groups is 1. The van der Waals surface area contributed by atoms with Gasteiger partial charge in [0.05, 0.1) is 4.91 Å². The number of phenolic OH excluding ortho intramolecular Hbond substituents is 1. The number of nitrogens with zero attached hydrogens (tertiary/aromatic N) is 2. The lowest BCUT2D eigenvalue weighted by atomic mass is 9.91. The quantitative estimate of drug-likeness (QED) is 0.756. The third kappa shape index (κ3) is 4.09. The zero-order valence-corrected chi connectivity index (χ0v) is 16.8. The fourth-order valence-corrected chi connectivity index (χ4v) is 3.96. The summed E-state index contributed by atoms with van der Waals surface area (Å²) in [5.74, 6) is 0.810. The summed E-state index contributed by atoms with van der Waals surface area (Å²) in [6.45, 7) is 13.5. The van der Waals surface area contributed by atoms with E-state index in [2.05, 4.69) is 32.7 Å². The highest BCUT2D eigenvalue weighted by atomic mass is 32.2. The van der Waals surface area contributed by atoms with Crippen molar-refractivity contribution in [2.75, 3.05) is 13.1 Å². The van der Waals surface area contributed by atoms with Crippen LogP contribution < -0.4 is 0 Å². The van der Waals surface area contributed by atoms with Gasteiger partial charge in [-0.15, -0.1) is 0 Å². The van der Waals surface area contributed by atoms with Crippen LogP contribution in [0.3, 0.4) is 0 Å². The van der Waals surface area contributed by atoms with Crippen LogP contribution in [-0.4, -0.2) is 34.2 Å². The van der Waals surface area contributed by atoms with Crippen LogP contribution in [0.5, 0.6) is 5.75 Å². The predicted molar refractivity (Wildman–Crippen MR) is 107 cm³/mol. The van der Waals surface area contributed by atoms with Crippen LogP contribution in [0.15, 0.2) is 22.0 Å². The van der Waals surface area contributed by atoms with Crippen LogP contribution >= 0.6 is 11.8 Å². The van der Waals surface area contributed by atoms with E-state index in [9.17, 15) is 9.90 Å². The lowest BCUT2D eigenvalue weighted by Gasteiger charge is -2.16. The lowest BCUT2D eigenvalue weighted by molar-refractivity contribution is -0.122. The minimum atomic E-state index is 0.00460. The second-order valence-corrected chi connectivity index (χ2v) is 7.78. The Morgan fingerprint density at radius 1 is 1.16 bits per heavy atom. The van der Waals surface area contributed by atoms with Crippen molar-refractivity contribution in [2.24, 2.45) is 4.99 Å². The maximum Gasteiger partial charge on any atom is 0.266 e. The van der Waals surface area contributed by atoms with Crippen molar-refractivity contribution in [3.8, 4) is 5.75 Å². The fraction of sp³-hybridized carbons (Fsp3) is 0.500. The van der Waals surface area contributed by atoms with Crippen molar-refractivity contribution in [3.05, 3.63) is 33.7 Å². The third-order valence-corrected chi connectivity index (χ3v) is 5.28. The summed E-state index contributed by atoms with van der Waals surface area (Å²) in [4.78, 5) is 19.5. The summed E-state index contributed by atoms with van der Waals surface area (Å²) in [5, 5.41) is 11.3. The van der Waals surface area contributed by atoms with Gasteiger partial charge >= 0.3 is 0 Å². The molecule has 136 valence electrons. The first-order valence-corrected chi connectivity index (χ1v) is 9.74. The van der Waals surface area contributed by atoms with Gasteiger partial charge in [0.25, 0.3) is 5.91 Å². The Bertz CT molecular complexity index is 691. The molecule has 0 radical (unpaired) electrons. The monoisotopic (exact) mass is 360 g/mol. The zero-order chi connectivity index (χ0) is 18.7. The fourth-order valence-electron chi connectivity index (χ4n) is 2.86. The zero-order valence-electron chi connectivity index (χ0n) is 16.0. The number of rotatable bonds is 5. The molecule has 1 N–H and O–H groups in total. The average molecular weight is 361 g/mol. The maximum atomic E-state index is 12.6. The number of aromatic hydroxyl groups is 1. The lowest BCUT2D eigenvalue weighted by Crippen LogP contribution is -2.28. The van der Waals surface area contributed by atoms with Crippen LogP contribution in [0.2, 0.25) is 0 Å². The van der Waals surface area contributed by atoms with Gasteiger partial charge in [0.15, 0.2) is 5.17 Å². The van der Waals surface area contributed by atoms with Gasteiger partial charge in [-0.2, -0.15) is 0 Å². The van der Waals surface area contributed by atoms with Crippen LogP contribution in [-0.2, 0) is 4.79 Å². The SMILES string of the molecule is CCN=C1S/C(=C\c2cc(C(C)C)c(O)c(C(C)C)c2)C(=O)N1CC. The Morgan fingerprint density at radius 2 is 1.72 bits per heavy atom. The Labute approximate surface area is 155 Å². The van der Waals surface area contributed by atoms with Crippen molar-refractivity contribution < 1.29 is 9.90 Å². The molecule has 0 unspecified atom stereocenters. The molecule has 4 nitrogen and oxygen atoms in total. The van der Waals surface area contributed by atoms with Gasteiger partial charge in [-0.25, -0.2) is 0 Å². The third-order valence-electron chi connectivity index (χ3n) is 4.23. The van der Waals surface area contributed by atoms with E-state index in [1.165, 1.54) is 11.8 Å². The summed E-state index contributed by atoms with van der Waals surface area (Å²) in [6, 6.07) is 3.97. The van der Waals surface area contributed by atoms with Crippen molar-refractivity contribution >= 4 is 28.9 Å². The van der Waals surface area contributed by atoms with Crippen molar-refractivity contribution in [3.63, 3.8) is 0 Å². The summed E-state index contributed by atoms with van der Waals surface area (Å²) in [6.07, 6.45) is 1.92. The van der Waals surface area contributed by atoms with E-state index in [4.69, 9.17) is 0 Å². The highest BCUT2D eigenvalue weighted by Crippen LogP contribution is 2.37. The van der Waals surface area contributed by atoms with Crippen molar-refractivity contribution in [1.29, 1.82) is 0 Å². The molecule has 1 amide bonds. The highest BCUT2D eigenvalue weighted by molar-refractivity contribution is 8.18. The van der Waals surface area contributed by atoms with Gasteiger partial charge < -0.3 is 5.11 Å². The molecular weight excluding hydrogens is 332 g/mol. The molecule has 0 aliphatic carbocycles. The van der Waals surface area contributed by atoms with E-state index in [1.54, 1.807) is 4.90 Å². The smallest absolute Gasteiger partial charge is 0.266 e. The van der Waals surface area contributed by atoms with E-state index < -0.39 is 0 Å². The molecule has 25 heavy (non-hydrogen) atoms. The second kappa shape index (κ2) is 8.09. The standard InChI is InChI=1S/C20H28N2O2S/c1-7-21-20-22(8-2)19(24)17(25-20)11-14-9-15(12(3)4)18(23)16(10-14)13(5)6/h9-13,23H,7-8H2,1-6H3/b17-11-,21-20?. The summed E-state index contributed by atoms with van der Waals surface area (Å²) in [5.41, 5.74) is 2.79. The normalized spacial score (nSPS) is 18.4. The number of benzene rings is 1. The summed E-state index contributed by atoms with van der Waals surface area (Å²) < 4.78 is 0. The molecule has 1 aliphatic heterocycles. The summed E-state index contributed by atoms with van der Waals surface area (Å²) in [7, 11) is 0. The molecule has 0 spiro atoms. The molecule has 1 aromatic carbocycles. The Hall–Kier alpha value is -1.75. The van der Waals surface area contributed by atoms with Crippen molar-refractivity contribution in [2.45, 2.75) is 53.4 Å². The first-order valence-electron chi connectivity index (χ1n) is 8.92. The van der Waals surface area contributed by atoms with Gasteiger partial charge in [0, 0.05) is 13.1 Å². The molecule has 5 heteroatoms. The Kier molecular flexibility index (Phi) is 6.33. The number of hydrogen-bond acceptors (Lipinski definition) is 4. The number of aliphatic imine (C=N–C) groups is 1. The van der Waals surface area contributed by atoms with Gasteiger partial charge in [0.1, 0.15) is 5.75 Å². The molecule has 0 aromatic heterocycles. The molecule has 0 saturated carbocycles. The number of amidine groups is 1. The Balaban J connectivity index is 2.50. The average Bonchev–Trinajstić information content (AvgIpc) is 2.83. The van der Waals surface area contributed by atoms with Crippen LogP contribution in [0.4, 0.5) is 0 Å². The van der Waals surface area contributed by atoms with Crippen LogP contribution in [0.25, 0.3) is 6.08 Å². The first kappa shape index (κ1) is 19.6. The van der Waals surface area contributed by atoms with Crippen LogP contribution in [0, 0.1) is 0 Å².